The Bertz CT molecular complexity index is 1030. The zero-order valence-corrected chi connectivity index (χ0v) is 17.7. The van der Waals surface area contributed by atoms with Gasteiger partial charge in [-0.25, -0.2) is 0 Å². The first-order chi connectivity index (χ1) is 15.9. The lowest BCUT2D eigenvalue weighted by Gasteiger charge is -2.11. The zero-order valence-electron chi connectivity index (χ0n) is 17.7. The van der Waals surface area contributed by atoms with E-state index in [1.54, 1.807) is 0 Å². The van der Waals surface area contributed by atoms with Crippen molar-refractivity contribution in [3.05, 3.63) is 58.1 Å². The minimum Gasteiger partial charge on any atom is -0.489 e. The molecule has 0 fully saturated rings. The van der Waals surface area contributed by atoms with Crippen LogP contribution in [0.2, 0.25) is 0 Å². The Morgan fingerprint density at radius 3 is 2.42 bits per heavy atom. The van der Waals surface area contributed by atoms with Crippen molar-refractivity contribution in [1.82, 2.24) is 5.32 Å². The van der Waals surface area contributed by atoms with E-state index in [9.17, 15) is 24.5 Å². The number of carbonyl (C=O) groups is 3. The second kappa shape index (κ2) is 11.5. The molecule has 1 heterocycles. The molecule has 0 saturated carbocycles. The lowest BCUT2D eigenvalue weighted by Crippen LogP contribution is -2.28. The average molecular weight is 457 g/mol. The van der Waals surface area contributed by atoms with Crippen LogP contribution in [0.1, 0.15) is 18.4 Å². The van der Waals surface area contributed by atoms with E-state index in [1.165, 1.54) is 12.1 Å². The Labute approximate surface area is 189 Å². The highest BCUT2D eigenvalue weighted by Crippen LogP contribution is 2.39. The number of hydrogen-bond acceptors (Lipinski definition) is 8. The van der Waals surface area contributed by atoms with Gasteiger partial charge in [0.25, 0.3) is 11.6 Å². The quantitative estimate of drug-likeness (QED) is 0.330. The lowest BCUT2D eigenvalue weighted by molar-refractivity contribution is -0.384. The number of nitrogens with one attached hydrogen (secondary N) is 2. The van der Waals surface area contributed by atoms with Gasteiger partial charge in [-0.3, -0.25) is 24.5 Å². The largest absolute Gasteiger partial charge is 0.489 e. The lowest BCUT2D eigenvalue weighted by atomic mass is 10.1. The number of benzene rings is 2. The Hall–Kier alpha value is -4.15. The molecule has 0 saturated heterocycles. The number of rotatable bonds is 9. The molecule has 0 aromatic heterocycles. The second-order valence-electron chi connectivity index (χ2n) is 7.09. The van der Waals surface area contributed by atoms with Gasteiger partial charge in [0.1, 0.15) is 5.69 Å². The molecule has 2 amide bonds. The summed E-state index contributed by atoms with van der Waals surface area (Å²) in [6.07, 6.45) is 0.678. The summed E-state index contributed by atoms with van der Waals surface area (Å²) in [5.41, 5.74) is 0.372. The van der Waals surface area contributed by atoms with Crippen LogP contribution in [0.4, 0.5) is 11.4 Å². The van der Waals surface area contributed by atoms with Gasteiger partial charge in [-0.15, -0.1) is 0 Å². The summed E-state index contributed by atoms with van der Waals surface area (Å²) in [6.45, 7) is 0.151. The van der Waals surface area contributed by atoms with Crippen molar-refractivity contribution in [3.8, 4) is 11.5 Å². The van der Waals surface area contributed by atoms with Crippen LogP contribution in [-0.4, -0.2) is 49.1 Å². The third-order valence-corrected chi connectivity index (χ3v) is 4.56. The molecule has 0 aliphatic carbocycles. The van der Waals surface area contributed by atoms with Gasteiger partial charge in [0.2, 0.25) is 5.91 Å². The molecule has 33 heavy (non-hydrogen) atoms. The zero-order chi connectivity index (χ0) is 23.6. The van der Waals surface area contributed by atoms with E-state index in [1.807, 2.05) is 30.3 Å². The number of fused-ring (bicyclic) bond motifs is 1. The van der Waals surface area contributed by atoms with Crippen LogP contribution in [-0.2, 0) is 25.5 Å². The number of esters is 1. The molecule has 0 atom stereocenters. The van der Waals surface area contributed by atoms with Crippen LogP contribution in [0, 0.1) is 10.1 Å². The van der Waals surface area contributed by atoms with Crippen LogP contribution in [0.3, 0.4) is 0 Å². The average Bonchev–Trinajstić information content (AvgIpc) is 3.02. The van der Waals surface area contributed by atoms with Gasteiger partial charge in [-0.05, 0) is 5.56 Å². The molecule has 0 spiro atoms. The Morgan fingerprint density at radius 1 is 1.03 bits per heavy atom. The molecule has 11 nitrogen and oxygen atoms in total. The Kier molecular flexibility index (Phi) is 8.17. The molecule has 0 radical (unpaired) electrons. The predicted octanol–water partition coefficient (Wildman–Crippen LogP) is 1.99. The summed E-state index contributed by atoms with van der Waals surface area (Å²) in [5.74, 6) is -1.20. The summed E-state index contributed by atoms with van der Waals surface area (Å²) >= 11 is 0. The molecule has 2 aromatic carbocycles. The van der Waals surface area contributed by atoms with Crippen molar-refractivity contribution in [2.24, 2.45) is 0 Å². The molecule has 2 aromatic rings. The third kappa shape index (κ3) is 7.20. The van der Waals surface area contributed by atoms with E-state index in [0.29, 0.717) is 19.6 Å². The van der Waals surface area contributed by atoms with E-state index in [2.05, 4.69) is 10.6 Å². The summed E-state index contributed by atoms with van der Waals surface area (Å²) in [6, 6.07) is 11.6. The summed E-state index contributed by atoms with van der Waals surface area (Å²) in [5, 5.41) is 16.3. The molecule has 174 valence electrons. The van der Waals surface area contributed by atoms with Gasteiger partial charge >= 0.3 is 5.97 Å². The second-order valence-corrected chi connectivity index (χ2v) is 7.09. The SMILES string of the molecule is O=C(Cc1ccccc1)NCCC(=O)OCC(=O)Nc1cc2c(cc1[N+](=O)[O-])OCCCO2. The van der Waals surface area contributed by atoms with Crippen LogP contribution in [0.5, 0.6) is 11.5 Å². The maximum absolute atomic E-state index is 12.2. The number of nitro groups is 1. The van der Waals surface area contributed by atoms with Gasteiger partial charge in [0.05, 0.1) is 37.0 Å². The van der Waals surface area contributed by atoms with Gasteiger partial charge in [0.15, 0.2) is 18.1 Å². The molecule has 0 bridgehead atoms. The number of hydrogen-bond donors (Lipinski definition) is 2. The number of nitrogens with zero attached hydrogens (tertiary/aromatic N) is 1. The topological polar surface area (TPSA) is 146 Å². The van der Waals surface area contributed by atoms with Gasteiger partial charge < -0.3 is 24.8 Å². The third-order valence-electron chi connectivity index (χ3n) is 4.56. The normalized spacial score (nSPS) is 12.2. The monoisotopic (exact) mass is 457 g/mol. The Balaban J connectivity index is 1.45. The Morgan fingerprint density at radius 2 is 1.73 bits per heavy atom. The number of ether oxygens (including phenoxy) is 3. The predicted molar refractivity (Wildman–Crippen MR) is 116 cm³/mol. The van der Waals surface area contributed by atoms with E-state index < -0.39 is 23.4 Å². The van der Waals surface area contributed by atoms with Crippen molar-refractivity contribution in [2.45, 2.75) is 19.3 Å². The van der Waals surface area contributed by atoms with Crippen LogP contribution < -0.4 is 20.1 Å². The first-order valence-corrected chi connectivity index (χ1v) is 10.3. The molecule has 3 rings (SSSR count). The van der Waals surface area contributed by atoms with E-state index >= 15 is 0 Å². The number of nitro benzene ring substituents is 1. The standard InChI is InChI=1S/C22H23N3O8/c26-20(11-15-5-2-1-3-6-15)23-8-7-22(28)33-14-21(27)24-16-12-18-19(13-17(16)25(29)30)32-10-4-9-31-18/h1-3,5-6,12-13H,4,7-11,14H2,(H,23,26)(H,24,27). The number of anilines is 1. The van der Waals surface area contributed by atoms with E-state index in [0.717, 1.165) is 5.56 Å². The maximum Gasteiger partial charge on any atom is 0.308 e. The van der Waals surface area contributed by atoms with Crippen molar-refractivity contribution in [2.75, 3.05) is 31.7 Å². The van der Waals surface area contributed by atoms with Crippen LogP contribution in [0.15, 0.2) is 42.5 Å². The van der Waals surface area contributed by atoms with Gasteiger partial charge in [0, 0.05) is 19.0 Å². The van der Waals surface area contributed by atoms with Crippen molar-refractivity contribution in [1.29, 1.82) is 0 Å². The summed E-state index contributed by atoms with van der Waals surface area (Å²) < 4.78 is 15.8. The van der Waals surface area contributed by atoms with E-state index in [-0.39, 0.29) is 48.2 Å². The highest BCUT2D eigenvalue weighted by atomic mass is 16.6. The smallest absolute Gasteiger partial charge is 0.308 e. The molecular formula is C22H23N3O8. The minimum atomic E-state index is -0.756. The highest BCUT2D eigenvalue weighted by molar-refractivity contribution is 5.95. The fraction of sp³-hybridized carbons (Fsp3) is 0.318. The first-order valence-electron chi connectivity index (χ1n) is 10.3. The minimum absolute atomic E-state index is 0.0553. The molecular weight excluding hydrogens is 434 g/mol. The van der Waals surface area contributed by atoms with Gasteiger partial charge in [-0.1, -0.05) is 30.3 Å². The molecule has 0 unspecified atom stereocenters. The first kappa shape index (κ1) is 23.5. The summed E-state index contributed by atoms with van der Waals surface area (Å²) in [7, 11) is 0. The fourth-order valence-electron chi connectivity index (χ4n) is 3.00. The van der Waals surface area contributed by atoms with Gasteiger partial charge in [-0.2, -0.15) is 0 Å². The van der Waals surface area contributed by atoms with E-state index in [4.69, 9.17) is 14.2 Å². The molecule has 11 heteroatoms. The van der Waals surface area contributed by atoms with Crippen LogP contribution >= 0.6 is 0 Å². The summed E-state index contributed by atoms with van der Waals surface area (Å²) in [4.78, 5) is 46.6. The van der Waals surface area contributed by atoms with Crippen molar-refractivity contribution < 1.29 is 33.5 Å². The van der Waals surface area contributed by atoms with Crippen LogP contribution in [0.25, 0.3) is 0 Å². The van der Waals surface area contributed by atoms with Crippen molar-refractivity contribution >= 4 is 29.2 Å². The molecule has 2 N–H and O–H groups in total. The fourth-order valence-corrected chi connectivity index (χ4v) is 3.00. The molecule has 1 aliphatic rings. The van der Waals surface area contributed by atoms with Crippen molar-refractivity contribution in [3.63, 3.8) is 0 Å². The highest BCUT2D eigenvalue weighted by Gasteiger charge is 2.23. The number of carbonyl (C=O) groups excluding carboxylic acids is 3. The number of amides is 2. The maximum atomic E-state index is 12.2. The molecule has 1 aliphatic heterocycles.